The van der Waals surface area contributed by atoms with Crippen LogP contribution in [0, 0.1) is 0 Å². The predicted molar refractivity (Wildman–Crippen MR) is 75.8 cm³/mol. The Balaban J connectivity index is 2.20. The SMILES string of the molecule is Nc1cc(C(F)(F)F)ccc1NC(=O)c1ccc(Br)s1. The molecular formula is C12H8BrF3N2OS. The first-order valence-corrected chi connectivity index (χ1v) is 6.92. The molecule has 0 spiro atoms. The Labute approximate surface area is 124 Å². The number of thiophene rings is 1. The van der Waals surface area contributed by atoms with E-state index in [1.807, 2.05) is 0 Å². The van der Waals surface area contributed by atoms with Gasteiger partial charge in [-0.15, -0.1) is 11.3 Å². The molecule has 0 bridgehead atoms. The lowest BCUT2D eigenvalue weighted by atomic mass is 10.1. The first-order chi connectivity index (χ1) is 9.27. The molecule has 1 aromatic heterocycles. The first kappa shape index (κ1) is 14.9. The van der Waals surface area contributed by atoms with E-state index in [0.717, 1.165) is 22.0 Å². The number of rotatable bonds is 2. The summed E-state index contributed by atoms with van der Waals surface area (Å²) < 4.78 is 38.2. The van der Waals surface area contributed by atoms with Gasteiger partial charge in [-0.05, 0) is 46.3 Å². The summed E-state index contributed by atoms with van der Waals surface area (Å²) in [5, 5.41) is 2.48. The van der Waals surface area contributed by atoms with Crippen molar-refractivity contribution in [1.29, 1.82) is 0 Å². The molecule has 3 N–H and O–H groups in total. The van der Waals surface area contributed by atoms with Gasteiger partial charge in [0.1, 0.15) is 0 Å². The highest BCUT2D eigenvalue weighted by molar-refractivity contribution is 9.11. The third kappa shape index (κ3) is 3.31. The van der Waals surface area contributed by atoms with Crippen LogP contribution in [0.15, 0.2) is 34.1 Å². The second-order valence-electron chi connectivity index (χ2n) is 3.86. The summed E-state index contributed by atoms with van der Waals surface area (Å²) >= 11 is 4.43. The van der Waals surface area contributed by atoms with E-state index >= 15 is 0 Å². The Bertz CT molecular complexity index is 654. The van der Waals surface area contributed by atoms with Crippen LogP contribution >= 0.6 is 27.3 Å². The third-order valence-corrected chi connectivity index (χ3v) is 4.05. The van der Waals surface area contributed by atoms with E-state index in [0.29, 0.717) is 4.88 Å². The average Bonchev–Trinajstić information content (AvgIpc) is 2.77. The molecule has 0 saturated heterocycles. The maximum Gasteiger partial charge on any atom is 0.416 e. The van der Waals surface area contributed by atoms with Crippen molar-refractivity contribution in [3.05, 3.63) is 44.6 Å². The molecule has 8 heteroatoms. The van der Waals surface area contributed by atoms with Gasteiger partial charge in [0.05, 0.1) is 25.6 Å². The second kappa shape index (κ2) is 5.45. The fourth-order valence-electron chi connectivity index (χ4n) is 1.47. The molecule has 1 amide bonds. The molecule has 0 atom stereocenters. The minimum atomic E-state index is -4.46. The molecule has 0 aliphatic carbocycles. The van der Waals surface area contributed by atoms with Crippen LogP contribution < -0.4 is 11.1 Å². The van der Waals surface area contributed by atoms with Crippen LogP contribution in [0.25, 0.3) is 0 Å². The predicted octanol–water partition coefficient (Wildman–Crippen LogP) is 4.36. The average molecular weight is 365 g/mol. The van der Waals surface area contributed by atoms with Gasteiger partial charge in [-0.1, -0.05) is 0 Å². The molecule has 0 fully saturated rings. The number of hydrogen-bond donors (Lipinski definition) is 2. The Morgan fingerprint density at radius 3 is 2.45 bits per heavy atom. The zero-order chi connectivity index (χ0) is 14.9. The fourth-order valence-corrected chi connectivity index (χ4v) is 2.75. The number of halogens is 4. The molecule has 2 rings (SSSR count). The van der Waals surface area contributed by atoms with E-state index in [1.54, 1.807) is 12.1 Å². The lowest BCUT2D eigenvalue weighted by Gasteiger charge is -2.11. The number of carbonyl (C=O) groups is 1. The number of carbonyl (C=O) groups excluding carboxylic acids is 1. The number of anilines is 2. The lowest BCUT2D eigenvalue weighted by Crippen LogP contribution is -2.13. The molecule has 106 valence electrons. The summed E-state index contributed by atoms with van der Waals surface area (Å²) in [5.74, 6) is -0.424. The fraction of sp³-hybridized carbons (Fsp3) is 0.0833. The number of hydrogen-bond acceptors (Lipinski definition) is 3. The first-order valence-electron chi connectivity index (χ1n) is 5.31. The van der Waals surface area contributed by atoms with E-state index in [-0.39, 0.29) is 11.4 Å². The van der Waals surface area contributed by atoms with Crippen LogP contribution in [-0.4, -0.2) is 5.91 Å². The zero-order valence-electron chi connectivity index (χ0n) is 9.79. The van der Waals surface area contributed by atoms with Crippen molar-refractivity contribution in [2.75, 3.05) is 11.1 Å². The van der Waals surface area contributed by atoms with Gasteiger partial charge < -0.3 is 11.1 Å². The number of nitrogens with two attached hydrogens (primary N) is 1. The van der Waals surface area contributed by atoms with Crippen LogP contribution in [0.4, 0.5) is 24.5 Å². The Morgan fingerprint density at radius 1 is 1.25 bits per heavy atom. The van der Waals surface area contributed by atoms with E-state index in [9.17, 15) is 18.0 Å². The van der Waals surface area contributed by atoms with Gasteiger partial charge in [-0.2, -0.15) is 13.2 Å². The molecular weight excluding hydrogens is 357 g/mol. The van der Waals surface area contributed by atoms with Gasteiger partial charge in [-0.25, -0.2) is 0 Å². The maximum atomic E-state index is 12.5. The number of nitrogens with one attached hydrogen (secondary N) is 1. The maximum absolute atomic E-state index is 12.5. The van der Waals surface area contributed by atoms with Gasteiger partial charge in [0.25, 0.3) is 5.91 Å². The summed E-state index contributed by atoms with van der Waals surface area (Å²) in [6.07, 6.45) is -4.46. The van der Waals surface area contributed by atoms with E-state index in [1.165, 1.54) is 11.3 Å². The van der Waals surface area contributed by atoms with Gasteiger partial charge in [0, 0.05) is 0 Å². The van der Waals surface area contributed by atoms with Crippen LogP contribution in [0.1, 0.15) is 15.2 Å². The zero-order valence-corrected chi connectivity index (χ0v) is 12.2. The summed E-state index contributed by atoms with van der Waals surface area (Å²) in [7, 11) is 0. The molecule has 1 aromatic carbocycles. The number of amides is 1. The molecule has 0 saturated carbocycles. The molecule has 0 radical (unpaired) electrons. The summed E-state index contributed by atoms with van der Waals surface area (Å²) in [5.41, 5.74) is 4.68. The Hall–Kier alpha value is -1.54. The quantitative estimate of drug-likeness (QED) is 0.777. The Kier molecular flexibility index (Phi) is 4.05. The van der Waals surface area contributed by atoms with Crippen molar-refractivity contribution in [3.63, 3.8) is 0 Å². The van der Waals surface area contributed by atoms with Gasteiger partial charge in [0.15, 0.2) is 0 Å². The normalized spacial score (nSPS) is 11.4. The third-order valence-electron chi connectivity index (χ3n) is 2.42. The molecule has 2 aromatic rings. The molecule has 20 heavy (non-hydrogen) atoms. The van der Waals surface area contributed by atoms with Gasteiger partial charge in [-0.3, -0.25) is 4.79 Å². The minimum absolute atomic E-state index is 0.135. The second-order valence-corrected chi connectivity index (χ2v) is 6.32. The summed E-state index contributed by atoms with van der Waals surface area (Å²) in [4.78, 5) is 12.3. The van der Waals surface area contributed by atoms with Gasteiger partial charge in [0.2, 0.25) is 0 Å². The standard InChI is InChI=1S/C12H8BrF3N2OS/c13-10-4-3-9(20-10)11(19)18-8-2-1-6(5-7(8)17)12(14,15)16/h1-5H,17H2,(H,18,19). The van der Waals surface area contributed by atoms with Crippen LogP contribution in [0.3, 0.4) is 0 Å². The molecule has 0 aliphatic rings. The van der Waals surface area contributed by atoms with Crippen LogP contribution in [0.5, 0.6) is 0 Å². The van der Waals surface area contributed by atoms with E-state index < -0.39 is 17.6 Å². The topological polar surface area (TPSA) is 55.1 Å². The van der Waals surface area contributed by atoms with Crippen molar-refractivity contribution in [2.45, 2.75) is 6.18 Å². The smallest absolute Gasteiger partial charge is 0.397 e. The van der Waals surface area contributed by atoms with Crippen LogP contribution in [-0.2, 0) is 6.18 Å². The number of benzene rings is 1. The highest BCUT2D eigenvalue weighted by Gasteiger charge is 2.30. The highest BCUT2D eigenvalue weighted by Crippen LogP contribution is 2.33. The van der Waals surface area contributed by atoms with Crippen molar-refractivity contribution in [2.24, 2.45) is 0 Å². The van der Waals surface area contributed by atoms with Crippen molar-refractivity contribution >= 4 is 44.5 Å². The summed E-state index contributed by atoms with van der Waals surface area (Å²) in [6.45, 7) is 0. The molecule has 1 heterocycles. The molecule has 3 nitrogen and oxygen atoms in total. The number of nitrogen functional groups attached to an aromatic ring is 1. The van der Waals surface area contributed by atoms with Crippen LogP contribution in [0.2, 0.25) is 0 Å². The highest BCUT2D eigenvalue weighted by atomic mass is 79.9. The minimum Gasteiger partial charge on any atom is -0.397 e. The van der Waals surface area contributed by atoms with Crippen molar-refractivity contribution in [3.8, 4) is 0 Å². The van der Waals surface area contributed by atoms with Crippen molar-refractivity contribution < 1.29 is 18.0 Å². The molecule has 0 aliphatic heterocycles. The molecule has 0 unspecified atom stereocenters. The van der Waals surface area contributed by atoms with Gasteiger partial charge >= 0.3 is 6.18 Å². The monoisotopic (exact) mass is 364 g/mol. The van der Waals surface area contributed by atoms with E-state index in [2.05, 4.69) is 21.2 Å². The summed E-state index contributed by atoms with van der Waals surface area (Å²) in [6, 6.07) is 6.11. The lowest BCUT2D eigenvalue weighted by molar-refractivity contribution is -0.137. The largest absolute Gasteiger partial charge is 0.416 e. The van der Waals surface area contributed by atoms with E-state index in [4.69, 9.17) is 5.73 Å². The number of alkyl halides is 3. The van der Waals surface area contributed by atoms with Crippen molar-refractivity contribution in [1.82, 2.24) is 0 Å². The Morgan fingerprint density at radius 2 is 1.95 bits per heavy atom.